The van der Waals surface area contributed by atoms with E-state index in [1.807, 2.05) is 26.0 Å². The molecule has 2 aromatic heterocycles. The second-order valence-corrected chi connectivity index (χ2v) is 7.17. The van der Waals surface area contributed by atoms with Gasteiger partial charge < -0.3 is 19.3 Å². The molecule has 3 rings (SSSR count). The highest BCUT2D eigenvalue weighted by Crippen LogP contribution is 2.30. The van der Waals surface area contributed by atoms with Gasteiger partial charge >= 0.3 is 0 Å². The topological polar surface area (TPSA) is 56.5 Å². The van der Waals surface area contributed by atoms with Gasteiger partial charge in [0.1, 0.15) is 12.4 Å². The predicted molar refractivity (Wildman–Crippen MR) is 103 cm³/mol. The van der Waals surface area contributed by atoms with Gasteiger partial charge in [0.25, 0.3) is 0 Å². The Labute approximate surface area is 157 Å². The lowest BCUT2D eigenvalue weighted by atomic mass is 10.1. The Morgan fingerprint density at radius 2 is 2.08 bits per heavy atom. The van der Waals surface area contributed by atoms with Crippen LogP contribution in [0.2, 0.25) is 0 Å². The van der Waals surface area contributed by atoms with E-state index in [-0.39, 0.29) is 0 Å². The second kappa shape index (κ2) is 8.38. The largest absolute Gasteiger partial charge is 0.493 e. The van der Waals surface area contributed by atoms with E-state index in [2.05, 4.69) is 41.0 Å². The monoisotopic (exact) mass is 372 g/mol. The van der Waals surface area contributed by atoms with Gasteiger partial charge in [0.2, 0.25) is 0 Å². The van der Waals surface area contributed by atoms with Gasteiger partial charge in [-0.05, 0) is 49.9 Å². The van der Waals surface area contributed by atoms with Crippen LogP contribution in [0.1, 0.15) is 40.4 Å². The number of benzene rings is 1. The van der Waals surface area contributed by atoms with E-state index in [0.717, 1.165) is 34.9 Å². The molecule has 0 amide bonds. The van der Waals surface area contributed by atoms with E-state index in [9.17, 15) is 0 Å². The van der Waals surface area contributed by atoms with Crippen LogP contribution in [0, 0.1) is 13.8 Å². The molecule has 0 saturated heterocycles. The van der Waals surface area contributed by atoms with Gasteiger partial charge in [0.05, 0.1) is 18.4 Å². The molecular weight excluding hydrogens is 348 g/mol. The van der Waals surface area contributed by atoms with Crippen LogP contribution in [0.4, 0.5) is 0 Å². The van der Waals surface area contributed by atoms with Crippen molar-refractivity contribution in [3.05, 3.63) is 63.2 Å². The van der Waals surface area contributed by atoms with E-state index in [1.165, 1.54) is 4.88 Å². The first-order valence-corrected chi connectivity index (χ1v) is 9.44. The van der Waals surface area contributed by atoms with Gasteiger partial charge in [0.15, 0.2) is 11.5 Å². The molecule has 5 nitrogen and oxygen atoms in total. The average molecular weight is 372 g/mol. The maximum Gasteiger partial charge on any atom is 0.161 e. The molecule has 0 spiro atoms. The van der Waals surface area contributed by atoms with E-state index in [1.54, 1.807) is 18.4 Å². The van der Waals surface area contributed by atoms with Crippen LogP contribution in [0.15, 0.2) is 40.2 Å². The van der Waals surface area contributed by atoms with Crippen LogP contribution in [0.25, 0.3) is 0 Å². The van der Waals surface area contributed by atoms with Crippen LogP contribution in [0.5, 0.6) is 11.5 Å². The van der Waals surface area contributed by atoms with Crippen molar-refractivity contribution in [2.45, 2.75) is 40.0 Å². The highest BCUT2D eigenvalue weighted by atomic mass is 32.1. The molecule has 2 heterocycles. The number of hydrogen-bond donors (Lipinski definition) is 1. The number of hydrogen-bond acceptors (Lipinski definition) is 6. The molecule has 3 aromatic rings. The van der Waals surface area contributed by atoms with Crippen LogP contribution in [-0.2, 0) is 13.2 Å². The first-order chi connectivity index (χ1) is 12.6. The number of thiophene rings is 1. The standard InChI is InChI=1S/C20H24N2O3S/c1-13-17(15(3)25-22-13)12-24-18-8-7-16(10-19(18)23-4)11-21-14(2)20-6-5-9-26-20/h5-10,14,21H,11-12H2,1-4H3. The zero-order valence-electron chi connectivity index (χ0n) is 15.5. The number of nitrogens with zero attached hydrogens (tertiary/aromatic N) is 1. The van der Waals surface area contributed by atoms with Crippen LogP contribution in [-0.4, -0.2) is 12.3 Å². The van der Waals surface area contributed by atoms with Crippen molar-refractivity contribution in [1.29, 1.82) is 0 Å². The minimum atomic E-state index is 0.316. The number of aryl methyl sites for hydroxylation is 2. The maximum atomic E-state index is 5.93. The normalized spacial score (nSPS) is 12.2. The Morgan fingerprint density at radius 1 is 1.23 bits per heavy atom. The molecule has 1 unspecified atom stereocenters. The van der Waals surface area contributed by atoms with Crippen LogP contribution < -0.4 is 14.8 Å². The number of rotatable bonds is 8. The fourth-order valence-electron chi connectivity index (χ4n) is 2.71. The Bertz CT molecular complexity index is 823. The van der Waals surface area contributed by atoms with E-state index < -0.39 is 0 Å². The molecule has 138 valence electrons. The smallest absolute Gasteiger partial charge is 0.161 e. The quantitative estimate of drug-likeness (QED) is 0.616. The highest BCUT2D eigenvalue weighted by Gasteiger charge is 2.12. The Kier molecular flexibility index (Phi) is 5.96. The summed E-state index contributed by atoms with van der Waals surface area (Å²) in [5.74, 6) is 2.22. The van der Waals surface area contributed by atoms with E-state index >= 15 is 0 Å². The van der Waals surface area contributed by atoms with Crippen molar-refractivity contribution in [3.8, 4) is 11.5 Å². The second-order valence-electron chi connectivity index (χ2n) is 6.19. The minimum Gasteiger partial charge on any atom is -0.493 e. The van der Waals surface area contributed by atoms with Gasteiger partial charge in [-0.15, -0.1) is 11.3 Å². The third kappa shape index (κ3) is 4.26. The summed E-state index contributed by atoms with van der Waals surface area (Å²) < 4.78 is 16.6. The number of nitrogens with one attached hydrogen (secondary N) is 1. The molecule has 6 heteroatoms. The molecule has 26 heavy (non-hydrogen) atoms. The average Bonchev–Trinajstić information content (AvgIpc) is 3.29. The molecule has 1 aromatic carbocycles. The van der Waals surface area contributed by atoms with Crippen LogP contribution >= 0.6 is 11.3 Å². The minimum absolute atomic E-state index is 0.316. The molecule has 0 aliphatic heterocycles. The molecule has 0 saturated carbocycles. The predicted octanol–water partition coefficient (Wildman–Crippen LogP) is 4.79. The van der Waals surface area contributed by atoms with Gasteiger partial charge in [-0.1, -0.05) is 17.3 Å². The fraction of sp³-hybridized carbons (Fsp3) is 0.350. The first kappa shape index (κ1) is 18.5. The lowest BCUT2D eigenvalue weighted by Gasteiger charge is -2.15. The van der Waals surface area contributed by atoms with Crippen molar-refractivity contribution in [1.82, 2.24) is 10.5 Å². The SMILES string of the molecule is COc1cc(CNC(C)c2cccs2)ccc1OCc1c(C)noc1C. The molecule has 0 fully saturated rings. The molecule has 1 atom stereocenters. The fourth-order valence-corrected chi connectivity index (χ4v) is 3.47. The summed E-state index contributed by atoms with van der Waals surface area (Å²) in [6, 6.07) is 10.6. The third-order valence-electron chi connectivity index (χ3n) is 4.36. The van der Waals surface area contributed by atoms with Crippen molar-refractivity contribution >= 4 is 11.3 Å². The molecular formula is C20H24N2O3S. The summed E-state index contributed by atoms with van der Waals surface area (Å²) in [4.78, 5) is 1.33. The van der Waals surface area contributed by atoms with Crippen molar-refractivity contribution in [2.24, 2.45) is 0 Å². The summed E-state index contributed by atoms with van der Waals surface area (Å²) in [5, 5.41) is 9.59. The molecule has 0 aliphatic carbocycles. The summed E-state index contributed by atoms with van der Waals surface area (Å²) in [6.45, 7) is 7.14. The third-order valence-corrected chi connectivity index (χ3v) is 5.42. The van der Waals surface area contributed by atoms with Crippen molar-refractivity contribution in [2.75, 3.05) is 7.11 Å². The summed E-state index contributed by atoms with van der Waals surface area (Å²) in [7, 11) is 1.66. The van der Waals surface area contributed by atoms with E-state index in [4.69, 9.17) is 14.0 Å². The molecule has 1 N–H and O–H groups in total. The summed E-state index contributed by atoms with van der Waals surface area (Å²) in [5.41, 5.74) is 2.97. The zero-order chi connectivity index (χ0) is 18.5. The van der Waals surface area contributed by atoms with Gasteiger partial charge in [-0.3, -0.25) is 0 Å². The van der Waals surface area contributed by atoms with Gasteiger partial charge in [-0.2, -0.15) is 0 Å². The molecule has 0 bridgehead atoms. The van der Waals surface area contributed by atoms with Gasteiger partial charge in [0, 0.05) is 17.5 Å². The highest BCUT2D eigenvalue weighted by molar-refractivity contribution is 7.10. The summed E-state index contributed by atoms with van der Waals surface area (Å²) in [6.07, 6.45) is 0. The number of methoxy groups -OCH3 is 1. The lowest BCUT2D eigenvalue weighted by molar-refractivity contribution is 0.281. The Hall–Kier alpha value is -2.31. The first-order valence-electron chi connectivity index (χ1n) is 8.56. The number of ether oxygens (including phenoxy) is 2. The number of aromatic nitrogens is 1. The Morgan fingerprint density at radius 3 is 2.73 bits per heavy atom. The van der Waals surface area contributed by atoms with E-state index in [0.29, 0.717) is 18.4 Å². The van der Waals surface area contributed by atoms with Crippen LogP contribution in [0.3, 0.4) is 0 Å². The van der Waals surface area contributed by atoms with Crippen molar-refractivity contribution in [3.63, 3.8) is 0 Å². The van der Waals surface area contributed by atoms with Gasteiger partial charge in [-0.25, -0.2) is 0 Å². The van der Waals surface area contributed by atoms with Crippen molar-refractivity contribution < 1.29 is 14.0 Å². The Balaban J connectivity index is 1.63. The maximum absolute atomic E-state index is 5.93. The lowest BCUT2D eigenvalue weighted by Crippen LogP contribution is -2.17. The molecule has 0 radical (unpaired) electrons. The zero-order valence-corrected chi connectivity index (χ0v) is 16.4. The summed E-state index contributed by atoms with van der Waals surface area (Å²) >= 11 is 1.76. The molecule has 0 aliphatic rings.